The van der Waals surface area contributed by atoms with E-state index < -0.39 is 0 Å². The maximum atomic E-state index is 12.5. The summed E-state index contributed by atoms with van der Waals surface area (Å²) >= 11 is 3.88. The normalized spacial score (nSPS) is 15.4. The Morgan fingerprint density at radius 1 is 1.08 bits per heavy atom. The zero-order valence-corrected chi connectivity index (χ0v) is 16.2. The Hall–Kier alpha value is -1.92. The lowest BCUT2D eigenvalue weighted by Gasteiger charge is -2.18. The lowest BCUT2D eigenvalue weighted by molar-refractivity contribution is -0.120. The Labute approximate surface area is 162 Å². The first kappa shape index (κ1) is 18.9. The highest BCUT2D eigenvalue weighted by atomic mass is 32.2. The van der Waals surface area contributed by atoms with Crippen LogP contribution in [0.2, 0.25) is 0 Å². The molecule has 2 N–H and O–H groups in total. The molecule has 1 aliphatic rings. The highest BCUT2D eigenvalue weighted by Gasteiger charge is 2.20. The molecule has 0 radical (unpaired) electrons. The van der Waals surface area contributed by atoms with Crippen LogP contribution in [0.1, 0.15) is 35.1 Å². The first-order valence-electron chi connectivity index (χ1n) is 8.57. The number of hydrogen-bond donors (Lipinski definition) is 2. The van der Waals surface area contributed by atoms with Gasteiger partial charge in [-0.3, -0.25) is 9.59 Å². The summed E-state index contributed by atoms with van der Waals surface area (Å²) in [5.41, 5.74) is 2.96. The van der Waals surface area contributed by atoms with Crippen molar-refractivity contribution in [2.24, 2.45) is 0 Å². The summed E-state index contributed by atoms with van der Waals surface area (Å²) in [5, 5.41) is 5.83. The quantitative estimate of drug-likeness (QED) is 0.774. The number of rotatable bonds is 6. The van der Waals surface area contributed by atoms with Gasteiger partial charge in [-0.2, -0.15) is 0 Å². The van der Waals surface area contributed by atoms with E-state index >= 15 is 0 Å². The van der Waals surface area contributed by atoms with Gasteiger partial charge in [0, 0.05) is 24.1 Å². The standard InChI is InChI=1S/C20H22N2O2S2/c1-14(23)21-18(15-6-3-2-4-7-15)13-19(24)22-17-9-5-8-16(12-17)20-25-10-11-26-20/h2-9,12,18,20H,10-11,13H2,1H3,(H,21,23)(H,22,24). The van der Waals surface area contributed by atoms with Gasteiger partial charge in [0.25, 0.3) is 0 Å². The van der Waals surface area contributed by atoms with E-state index in [1.54, 1.807) is 0 Å². The van der Waals surface area contributed by atoms with Crippen molar-refractivity contribution in [2.75, 3.05) is 16.8 Å². The van der Waals surface area contributed by atoms with Gasteiger partial charge in [0.1, 0.15) is 0 Å². The fraction of sp³-hybridized carbons (Fsp3) is 0.300. The number of benzene rings is 2. The molecule has 4 nitrogen and oxygen atoms in total. The van der Waals surface area contributed by atoms with Crippen molar-refractivity contribution >= 4 is 41.0 Å². The van der Waals surface area contributed by atoms with Gasteiger partial charge < -0.3 is 10.6 Å². The van der Waals surface area contributed by atoms with Crippen molar-refractivity contribution in [3.63, 3.8) is 0 Å². The van der Waals surface area contributed by atoms with Gasteiger partial charge in [0.15, 0.2) is 0 Å². The Morgan fingerprint density at radius 3 is 2.50 bits per heavy atom. The van der Waals surface area contributed by atoms with Crippen LogP contribution in [0.5, 0.6) is 0 Å². The summed E-state index contributed by atoms with van der Waals surface area (Å²) < 4.78 is 0.447. The molecule has 1 fully saturated rings. The molecule has 2 aromatic carbocycles. The maximum absolute atomic E-state index is 12.5. The molecule has 1 aliphatic heterocycles. The Bertz CT molecular complexity index is 761. The highest BCUT2D eigenvalue weighted by molar-refractivity contribution is 8.19. The minimum absolute atomic E-state index is 0.114. The minimum atomic E-state index is -0.335. The van der Waals surface area contributed by atoms with E-state index in [-0.39, 0.29) is 24.3 Å². The highest BCUT2D eigenvalue weighted by Crippen LogP contribution is 2.45. The molecule has 0 bridgehead atoms. The lowest BCUT2D eigenvalue weighted by Crippen LogP contribution is -2.29. The van der Waals surface area contributed by atoms with E-state index in [2.05, 4.69) is 16.7 Å². The van der Waals surface area contributed by atoms with E-state index in [1.165, 1.54) is 24.0 Å². The van der Waals surface area contributed by atoms with E-state index in [0.717, 1.165) is 11.3 Å². The van der Waals surface area contributed by atoms with Gasteiger partial charge in [-0.1, -0.05) is 42.5 Å². The van der Waals surface area contributed by atoms with Crippen LogP contribution < -0.4 is 10.6 Å². The fourth-order valence-electron chi connectivity index (χ4n) is 2.89. The molecule has 1 saturated heterocycles. The molecular formula is C20H22N2O2S2. The molecule has 2 amide bonds. The predicted octanol–water partition coefficient (Wildman–Crippen LogP) is 4.37. The molecule has 1 atom stereocenters. The molecular weight excluding hydrogens is 364 g/mol. The molecule has 26 heavy (non-hydrogen) atoms. The number of carbonyl (C=O) groups excluding carboxylic acids is 2. The van der Waals surface area contributed by atoms with Gasteiger partial charge in [0.2, 0.25) is 11.8 Å². The van der Waals surface area contributed by atoms with Crippen molar-refractivity contribution in [1.82, 2.24) is 5.32 Å². The maximum Gasteiger partial charge on any atom is 0.226 e. The number of amides is 2. The second-order valence-electron chi connectivity index (χ2n) is 6.12. The van der Waals surface area contributed by atoms with Gasteiger partial charge in [0.05, 0.1) is 17.0 Å². The fourth-order valence-corrected chi connectivity index (χ4v) is 5.73. The Kier molecular flexibility index (Phi) is 6.63. The molecule has 0 aliphatic carbocycles. The first-order valence-corrected chi connectivity index (χ1v) is 10.7. The summed E-state index contributed by atoms with van der Waals surface area (Å²) in [6.45, 7) is 1.47. The number of anilines is 1. The smallest absolute Gasteiger partial charge is 0.226 e. The average molecular weight is 387 g/mol. The third-order valence-electron chi connectivity index (χ3n) is 4.03. The number of carbonyl (C=O) groups is 2. The lowest BCUT2D eigenvalue weighted by atomic mass is 10.0. The summed E-state index contributed by atoms with van der Waals surface area (Å²) in [6, 6.07) is 17.3. The molecule has 2 aromatic rings. The molecule has 0 aromatic heterocycles. The molecule has 6 heteroatoms. The summed E-state index contributed by atoms with van der Waals surface area (Å²) in [5.74, 6) is 2.07. The van der Waals surface area contributed by atoms with Gasteiger partial charge in [-0.05, 0) is 23.3 Å². The summed E-state index contributed by atoms with van der Waals surface area (Å²) in [4.78, 5) is 24.0. The van der Waals surface area contributed by atoms with E-state index in [4.69, 9.17) is 0 Å². The van der Waals surface area contributed by atoms with Crippen molar-refractivity contribution in [3.05, 3.63) is 65.7 Å². The Morgan fingerprint density at radius 2 is 1.81 bits per heavy atom. The average Bonchev–Trinajstić information content (AvgIpc) is 3.16. The molecule has 0 saturated carbocycles. The van der Waals surface area contributed by atoms with E-state index in [1.807, 2.05) is 72.1 Å². The van der Waals surface area contributed by atoms with Gasteiger partial charge in [-0.25, -0.2) is 0 Å². The summed E-state index contributed by atoms with van der Waals surface area (Å²) in [6.07, 6.45) is 0.195. The third kappa shape index (κ3) is 5.29. The predicted molar refractivity (Wildman–Crippen MR) is 110 cm³/mol. The van der Waals surface area contributed by atoms with Gasteiger partial charge >= 0.3 is 0 Å². The largest absolute Gasteiger partial charge is 0.349 e. The molecule has 1 heterocycles. The minimum Gasteiger partial charge on any atom is -0.349 e. The molecule has 136 valence electrons. The number of hydrogen-bond acceptors (Lipinski definition) is 4. The number of nitrogens with one attached hydrogen (secondary N) is 2. The third-order valence-corrected chi connectivity index (χ3v) is 7.14. The van der Waals surface area contributed by atoms with Crippen LogP contribution in [0.15, 0.2) is 54.6 Å². The van der Waals surface area contributed by atoms with Gasteiger partial charge in [-0.15, -0.1) is 23.5 Å². The number of thioether (sulfide) groups is 2. The second-order valence-corrected chi connectivity index (χ2v) is 8.84. The van der Waals surface area contributed by atoms with E-state index in [0.29, 0.717) is 4.58 Å². The van der Waals surface area contributed by atoms with E-state index in [9.17, 15) is 9.59 Å². The van der Waals surface area contributed by atoms with Crippen LogP contribution in [-0.2, 0) is 9.59 Å². The zero-order valence-electron chi connectivity index (χ0n) is 14.6. The van der Waals surface area contributed by atoms with Crippen molar-refractivity contribution in [2.45, 2.75) is 24.0 Å². The molecule has 0 spiro atoms. The second kappa shape index (κ2) is 9.14. The van der Waals surface area contributed by atoms with Crippen LogP contribution in [0.3, 0.4) is 0 Å². The van der Waals surface area contributed by atoms with Crippen molar-refractivity contribution < 1.29 is 9.59 Å². The van der Waals surface area contributed by atoms with Crippen molar-refractivity contribution in [3.8, 4) is 0 Å². The Balaban J connectivity index is 1.66. The van der Waals surface area contributed by atoms with Crippen molar-refractivity contribution in [1.29, 1.82) is 0 Å². The molecule has 3 rings (SSSR count). The summed E-state index contributed by atoms with van der Waals surface area (Å²) in [7, 11) is 0. The van der Waals surface area contributed by atoms with Crippen LogP contribution in [0.25, 0.3) is 0 Å². The van der Waals surface area contributed by atoms with Crippen LogP contribution >= 0.6 is 23.5 Å². The zero-order chi connectivity index (χ0) is 18.4. The molecule has 1 unspecified atom stereocenters. The SMILES string of the molecule is CC(=O)NC(CC(=O)Nc1cccc(C2SCCS2)c1)c1ccccc1. The monoisotopic (exact) mass is 386 g/mol. The van der Waals surface area contributed by atoms with Crippen LogP contribution in [0.4, 0.5) is 5.69 Å². The topological polar surface area (TPSA) is 58.2 Å². The van der Waals surface area contributed by atoms with Crippen LogP contribution in [-0.4, -0.2) is 23.3 Å². The first-order chi connectivity index (χ1) is 12.6. The van der Waals surface area contributed by atoms with Crippen LogP contribution in [0, 0.1) is 0 Å².